The molecule has 2 atom stereocenters. The molecule has 0 spiro atoms. The molecule has 3 aromatic rings. The van der Waals surface area contributed by atoms with E-state index in [0.29, 0.717) is 28.6 Å². The van der Waals surface area contributed by atoms with Gasteiger partial charge < -0.3 is 4.90 Å². The predicted octanol–water partition coefficient (Wildman–Crippen LogP) is 2.95. The van der Waals surface area contributed by atoms with Crippen molar-refractivity contribution < 1.29 is 4.79 Å². The zero-order chi connectivity index (χ0) is 19.8. The van der Waals surface area contributed by atoms with E-state index in [4.69, 9.17) is 0 Å². The molecule has 0 N–H and O–H groups in total. The van der Waals surface area contributed by atoms with E-state index in [0.717, 1.165) is 18.4 Å². The molecule has 2 aromatic heterocycles. The molecule has 0 unspecified atom stereocenters. The van der Waals surface area contributed by atoms with Gasteiger partial charge in [-0.15, -0.1) is 10.2 Å². The zero-order valence-electron chi connectivity index (χ0n) is 16.5. The number of para-hydroxylation sites is 1. The summed E-state index contributed by atoms with van der Waals surface area (Å²) in [6.45, 7) is 6.67. The molecule has 1 aliphatic rings. The minimum absolute atomic E-state index is 0.0680. The van der Waals surface area contributed by atoms with E-state index in [1.165, 1.54) is 18.2 Å². The van der Waals surface area contributed by atoms with Crippen LogP contribution in [0.1, 0.15) is 40.0 Å². The molecule has 0 radical (unpaired) electrons. The summed E-state index contributed by atoms with van der Waals surface area (Å²) in [5.41, 5.74) is 0.702. The van der Waals surface area contributed by atoms with Gasteiger partial charge in [-0.05, 0) is 52.2 Å². The lowest BCUT2D eigenvalue weighted by Gasteiger charge is -2.39. The molecule has 0 saturated carbocycles. The Labute approximate surface area is 167 Å². The van der Waals surface area contributed by atoms with Crippen molar-refractivity contribution in [3.05, 3.63) is 34.6 Å². The van der Waals surface area contributed by atoms with Crippen molar-refractivity contribution >= 4 is 34.3 Å². The first-order chi connectivity index (χ1) is 13.5. The molecule has 1 fully saturated rings. The number of carbonyl (C=O) groups is 1. The molecule has 1 aromatic carbocycles. The minimum Gasteiger partial charge on any atom is -0.337 e. The molecule has 148 valence electrons. The molecule has 28 heavy (non-hydrogen) atoms. The molecule has 1 saturated heterocycles. The van der Waals surface area contributed by atoms with Gasteiger partial charge in [0.05, 0.1) is 16.7 Å². The maximum Gasteiger partial charge on any atom is 0.262 e. The third-order valence-corrected chi connectivity index (χ3v) is 6.51. The lowest BCUT2D eigenvalue weighted by Crippen LogP contribution is -2.48. The average Bonchev–Trinajstić information content (AvgIpc) is 3.10. The van der Waals surface area contributed by atoms with Crippen LogP contribution in [0.4, 0.5) is 0 Å². The predicted molar refractivity (Wildman–Crippen MR) is 111 cm³/mol. The van der Waals surface area contributed by atoms with Crippen LogP contribution in [0.25, 0.3) is 16.7 Å². The third kappa shape index (κ3) is 3.09. The summed E-state index contributed by atoms with van der Waals surface area (Å²) in [4.78, 5) is 27.6. The number of rotatable bonds is 4. The molecule has 0 aliphatic carbocycles. The fourth-order valence-corrected chi connectivity index (χ4v) is 5.04. The van der Waals surface area contributed by atoms with Gasteiger partial charge in [-0.25, -0.2) is 0 Å². The lowest BCUT2D eigenvalue weighted by atomic mass is 9.98. The normalized spacial score (nSPS) is 20.2. The molecule has 7 nitrogen and oxygen atoms in total. The minimum atomic E-state index is -0.0680. The van der Waals surface area contributed by atoms with Crippen LogP contribution in [-0.2, 0) is 11.3 Å². The highest BCUT2D eigenvalue weighted by molar-refractivity contribution is 7.99. The standard InChI is InChI=1S/C20H25N5O2S/c1-4-23-18(27)15-10-5-6-11-16(15)25-19(23)21-22-20(25)28-12-17(26)24-13(2)8-7-9-14(24)3/h5-6,10-11,13-14H,4,7-9,12H2,1-3H3/t13-,14-/m1/s1. The van der Waals surface area contributed by atoms with Crippen molar-refractivity contribution in [3.63, 3.8) is 0 Å². The molecular formula is C20H25N5O2S. The van der Waals surface area contributed by atoms with Gasteiger partial charge >= 0.3 is 0 Å². The second kappa shape index (κ2) is 7.58. The largest absolute Gasteiger partial charge is 0.337 e. The number of benzene rings is 1. The Kier molecular flexibility index (Phi) is 5.14. The number of aryl methyl sites for hydroxylation is 1. The lowest BCUT2D eigenvalue weighted by molar-refractivity contribution is -0.134. The molecule has 3 heterocycles. The smallest absolute Gasteiger partial charge is 0.262 e. The number of piperidine rings is 1. The van der Waals surface area contributed by atoms with Crippen LogP contribution in [0, 0.1) is 0 Å². The molecule has 4 rings (SSSR count). The summed E-state index contributed by atoms with van der Waals surface area (Å²) >= 11 is 1.39. The number of thioether (sulfide) groups is 1. The van der Waals surface area contributed by atoms with Crippen molar-refractivity contribution in [2.24, 2.45) is 0 Å². The van der Waals surface area contributed by atoms with Gasteiger partial charge in [-0.3, -0.25) is 18.6 Å². The summed E-state index contributed by atoms with van der Waals surface area (Å²) in [6.07, 6.45) is 3.29. The van der Waals surface area contributed by atoms with Gasteiger partial charge in [0.25, 0.3) is 5.56 Å². The Morgan fingerprint density at radius 1 is 1.18 bits per heavy atom. The number of hydrogen-bond donors (Lipinski definition) is 0. The molecular weight excluding hydrogens is 374 g/mol. The van der Waals surface area contributed by atoms with Crippen LogP contribution in [0.2, 0.25) is 0 Å². The first-order valence-electron chi connectivity index (χ1n) is 9.83. The van der Waals surface area contributed by atoms with Crippen LogP contribution in [-0.4, -0.2) is 47.8 Å². The fourth-order valence-electron chi connectivity index (χ4n) is 4.23. The summed E-state index contributed by atoms with van der Waals surface area (Å²) in [5.74, 6) is 0.963. The van der Waals surface area contributed by atoms with Crippen LogP contribution < -0.4 is 5.56 Å². The number of amides is 1. The maximum absolute atomic E-state index is 12.9. The molecule has 1 amide bonds. The topological polar surface area (TPSA) is 72.5 Å². The van der Waals surface area contributed by atoms with E-state index in [-0.39, 0.29) is 23.6 Å². The SMILES string of the molecule is CCn1c(=O)c2ccccc2n2c(SCC(=O)N3[C@H](C)CCC[C@H]3C)nnc12. The number of nitrogens with zero attached hydrogens (tertiary/aromatic N) is 5. The summed E-state index contributed by atoms with van der Waals surface area (Å²) in [7, 11) is 0. The van der Waals surface area contributed by atoms with E-state index in [2.05, 4.69) is 24.0 Å². The number of carbonyl (C=O) groups excluding carboxylic acids is 1. The molecule has 1 aliphatic heterocycles. The Morgan fingerprint density at radius 3 is 2.61 bits per heavy atom. The van der Waals surface area contributed by atoms with E-state index in [1.807, 2.05) is 40.5 Å². The Bertz CT molecular complexity index is 1080. The number of fused-ring (bicyclic) bond motifs is 3. The summed E-state index contributed by atoms with van der Waals surface area (Å²) in [6, 6.07) is 8.02. The van der Waals surface area contributed by atoms with Crippen molar-refractivity contribution in [2.75, 3.05) is 5.75 Å². The van der Waals surface area contributed by atoms with Gasteiger partial charge in [0.15, 0.2) is 5.16 Å². The van der Waals surface area contributed by atoms with E-state index >= 15 is 0 Å². The van der Waals surface area contributed by atoms with Crippen LogP contribution >= 0.6 is 11.8 Å². The second-order valence-corrected chi connectivity index (χ2v) is 8.35. The number of hydrogen-bond acceptors (Lipinski definition) is 5. The highest BCUT2D eigenvalue weighted by atomic mass is 32.2. The van der Waals surface area contributed by atoms with E-state index < -0.39 is 0 Å². The quantitative estimate of drug-likeness (QED) is 0.631. The van der Waals surface area contributed by atoms with Crippen LogP contribution in [0.5, 0.6) is 0 Å². The highest BCUT2D eigenvalue weighted by Gasteiger charge is 2.29. The van der Waals surface area contributed by atoms with Crippen LogP contribution in [0.15, 0.2) is 34.2 Å². The number of likely N-dealkylation sites (tertiary alicyclic amines) is 1. The number of aromatic nitrogens is 4. The molecule has 0 bridgehead atoms. The van der Waals surface area contributed by atoms with Gasteiger partial charge in [-0.1, -0.05) is 23.9 Å². The highest BCUT2D eigenvalue weighted by Crippen LogP contribution is 2.26. The van der Waals surface area contributed by atoms with Crippen molar-refractivity contribution in [1.82, 2.24) is 24.1 Å². The van der Waals surface area contributed by atoms with Gasteiger partial charge in [0, 0.05) is 18.6 Å². The first kappa shape index (κ1) is 19.0. The fraction of sp³-hybridized carbons (Fsp3) is 0.500. The Hall–Kier alpha value is -2.35. The average molecular weight is 400 g/mol. The summed E-state index contributed by atoms with van der Waals surface area (Å²) in [5, 5.41) is 9.81. The van der Waals surface area contributed by atoms with Crippen LogP contribution in [0.3, 0.4) is 0 Å². The van der Waals surface area contributed by atoms with Crippen molar-refractivity contribution in [3.8, 4) is 0 Å². The Morgan fingerprint density at radius 2 is 1.89 bits per heavy atom. The summed E-state index contributed by atoms with van der Waals surface area (Å²) < 4.78 is 3.51. The Balaban J connectivity index is 1.69. The third-order valence-electron chi connectivity index (χ3n) is 5.60. The van der Waals surface area contributed by atoms with Gasteiger partial charge in [-0.2, -0.15) is 0 Å². The van der Waals surface area contributed by atoms with Gasteiger partial charge in [0.1, 0.15) is 0 Å². The van der Waals surface area contributed by atoms with Crippen molar-refractivity contribution in [1.29, 1.82) is 0 Å². The van der Waals surface area contributed by atoms with E-state index in [9.17, 15) is 9.59 Å². The van der Waals surface area contributed by atoms with Gasteiger partial charge in [0.2, 0.25) is 11.7 Å². The maximum atomic E-state index is 12.9. The van der Waals surface area contributed by atoms with E-state index in [1.54, 1.807) is 4.57 Å². The second-order valence-electron chi connectivity index (χ2n) is 7.40. The zero-order valence-corrected chi connectivity index (χ0v) is 17.3. The molecule has 8 heteroatoms. The van der Waals surface area contributed by atoms with Crippen molar-refractivity contribution in [2.45, 2.75) is 63.8 Å². The monoisotopic (exact) mass is 399 g/mol. The first-order valence-corrected chi connectivity index (χ1v) is 10.8.